The van der Waals surface area contributed by atoms with Crippen molar-refractivity contribution in [2.45, 2.75) is 27.7 Å². The second-order valence-electron chi connectivity index (χ2n) is 5.91. The molecular formula is C19H22N2O2. The van der Waals surface area contributed by atoms with E-state index in [1.165, 1.54) is 0 Å². The molecular weight excluding hydrogens is 288 g/mol. The third-order valence-corrected chi connectivity index (χ3v) is 3.68. The minimum absolute atomic E-state index is 0.0568. The number of hydrogen-bond donors (Lipinski definition) is 2. The van der Waals surface area contributed by atoms with E-state index in [1.54, 1.807) is 6.07 Å². The number of amides is 2. The minimum Gasteiger partial charge on any atom is -0.343 e. The second-order valence-corrected chi connectivity index (χ2v) is 5.91. The highest BCUT2D eigenvalue weighted by atomic mass is 16.2. The monoisotopic (exact) mass is 310 g/mol. The summed E-state index contributed by atoms with van der Waals surface area (Å²) in [7, 11) is 0. The SMILES string of the molecule is Cc1cc(C)cc(NC(=O)CNC(=O)c2ccc(C)c(C)c2)c1. The number of aryl methyl sites for hydroxylation is 4. The number of benzene rings is 2. The molecule has 0 atom stereocenters. The summed E-state index contributed by atoms with van der Waals surface area (Å²) in [5, 5.41) is 5.44. The number of hydrogen-bond acceptors (Lipinski definition) is 2. The fraction of sp³-hybridized carbons (Fsp3) is 0.263. The van der Waals surface area contributed by atoms with E-state index in [0.29, 0.717) is 5.56 Å². The molecule has 23 heavy (non-hydrogen) atoms. The molecule has 0 saturated carbocycles. The molecule has 4 heteroatoms. The lowest BCUT2D eigenvalue weighted by Gasteiger charge is -2.09. The predicted octanol–water partition coefficient (Wildman–Crippen LogP) is 3.29. The van der Waals surface area contributed by atoms with Gasteiger partial charge in [-0.15, -0.1) is 0 Å². The van der Waals surface area contributed by atoms with E-state index in [4.69, 9.17) is 0 Å². The maximum absolute atomic E-state index is 12.1. The van der Waals surface area contributed by atoms with Crippen LogP contribution in [0, 0.1) is 27.7 Å². The van der Waals surface area contributed by atoms with Crippen LogP contribution in [0.1, 0.15) is 32.6 Å². The van der Waals surface area contributed by atoms with Crippen molar-refractivity contribution >= 4 is 17.5 Å². The van der Waals surface area contributed by atoms with E-state index >= 15 is 0 Å². The van der Waals surface area contributed by atoms with Gasteiger partial charge < -0.3 is 10.6 Å². The number of rotatable bonds is 4. The molecule has 0 bridgehead atoms. The average molecular weight is 310 g/mol. The van der Waals surface area contributed by atoms with Crippen molar-refractivity contribution in [3.63, 3.8) is 0 Å². The van der Waals surface area contributed by atoms with Crippen LogP contribution in [0.3, 0.4) is 0 Å². The van der Waals surface area contributed by atoms with Gasteiger partial charge in [0, 0.05) is 11.3 Å². The Morgan fingerprint density at radius 2 is 1.52 bits per heavy atom. The minimum atomic E-state index is -0.247. The van der Waals surface area contributed by atoms with Crippen LogP contribution < -0.4 is 10.6 Å². The summed E-state index contributed by atoms with van der Waals surface area (Å²) in [6.45, 7) is 7.85. The molecule has 0 saturated heterocycles. The lowest BCUT2D eigenvalue weighted by atomic mass is 10.1. The zero-order valence-electron chi connectivity index (χ0n) is 14.0. The Morgan fingerprint density at radius 1 is 0.870 bits per heavy atom. The molecule has 0 unspecified atom stereocenters. The molecule has 0 aromatic heterocycles. The number of anilines is 1. The van der Waals surface area contributed by atoms with Gasteiger partial charge in [-0.3, -0.25) is 9.59 Å². The quantitative estimate of drug-likeness (QED) is 0.910. The first kappa shape index (κ1) is 16.7. The lowest BCUT2D eigenvalue weighted by molar-refractivity contribution is -0.115. The van der Waals surface area contributed by atoms with Gasteiger partial charge in [-0.2, -0.15) is 0 Å². The molecule has 0 spiro atoms. The van der Waals surface area contributed by atoms with Gasteiger partial charge in [0.1, 0.15) is 0 Å². The molecule has 2 amide bonds. The van der Waals surface area contributed by atoms with Crippen molar-refractivity contribution < 1.29 is 9.59 Å². The van der Waals surface area contributed by atoms with Crippen molar-refractivity contribution in [3.05, 3.63) is 64.2 Å². The Labute approximate surface area is 136 Å². The van der Waals surface area contributed by atoms with E-state index in [1.807, 2.05) is 58.0 Å². The van der Waals surface area contributed by atoms with E-state index in [9.17, 15) is 9.59 Å². The molecule has 2 aromatic carbocycles. The molecule has 0 heterocycles. The van der Waals surface area contributed by atoms with Gasteiger partial charge in [0.25, 0.3) is 5.91 Å². The first-order valence-corrected chi connectivity index (χ1v) is 7.59. The van der Waals surface area contributed by atoms with Crippen molar-refractivity contribution in [2.75, 3.05) is 11.9 Å². The average Bonchev–Trinajstić information content (AvgIpc) is 2.46. The molecule has 0 aliphatic carbocycles. The van der Waals surface area contributed by atoms with Gasteiger partial charge in [0.05, 0.1) is 6.54 Å². The highest BCUT2D eigenvalue weighted by Crippen LogP contribution is 2.13. The summed E-state index contributed by atoms with van der Waals surface area (Å²) in [4.78, 5) is 24.0. The van der Waals surface area contributed by atoms with Crippen LogP contribution in [-0.2, 0) is 4.79 Å². The number of nitrogens with one attached hydrogen (secondary N) is 2. The summed E-state index contributed by atoms with van der Waals surface area (Å²) in [5.41, 5.74) is 5.66. The topological polar surface area (TPSA) is 58.2 Å². The summed E-state index contributed by atoms with van der Waals surface area (Å²) in [5.74, 6) is -0.490. The molecule has 0 radical (unpaired) electrons. The Kier molecular flexibility index (Phi) is 5.16. The summed E-state index contributed by atoms with van der Waals surface area (Å²) in [6.07, 6.45) is 0. The molecule has 0 aliphatic rings. The van der Waals surface area contributed by atoms with Gasteiger partial charge in [-0.25, -0.2) is 0 Å². The van der Waals surface area contributed by atoms with Gasteiger partial charge in [0.2, 0.25) is 5.91 Å². The zero-order valence-corrected chi connectivity index (χ0v) is 14.0. The van der Waals surface area contributed by atoms with Crippen molar-refractivity contribution in [1.82, 2.24) is 5.32 Å². The van der Waals surface area contributed by atoms with Crippen molar-refractivity contribution in [3.8, 4) is 0 Å². The van der Waals surface area contributed by atoms with Crippen LogP contribution in [0.2, 0.25) is 0 Å². The Morgan fingerprint density at radius 3 is 2.13 bits per heavy atom. The van der Waals surface area contributed by atoms with Crippen LogP contribution in [-0.4, -0.2) is 18.4 Å². The van der Waals surface area contributed by atoms with Crippen LogP contribution in [0.25, 0.3) is 0 Å². The summed E-state index contributed by atoms with van der Waals surface area (Å²) < 4.78 is 0. The highest BCUT2D eigenvalue weighted by molar-refractivity contribution is 5.99. The fourth-order valence-electron chi connectivity index (χ4n) is 2.40. The first-order valence-electron chi connectivity index (χ1n) is 7.59. The summed E-state index contributed by atoms with van der Waals surface area (Å²) in [6, 6.07) is 11.3. The standard InChI is InChI=1S/C19H22N2O2/c1-12-7-13(2)9-17(8-12)21-18(22)11-20-19(23)16-6-5-14(3)15(4)10-16/h5-10H,11H2,1-4H3,(H,20,23)(H,21,22). The third kappa shape index (κ3) is 4.68. The van der Waals surface area contributed by atoms with Gasteiger partial charge in [-0.05, 0) is 74.2 Å². The number of carbonyl (C=O) groups is 2. The molecule has 0 fully saturated rings. The smallest absolute Gasteiger partial charge is 0.251 e. The molecule has 0 aliphatic heterocycles. The van der Waals surface area contributed by atoms with E-state index in [0.717, 1.165) is 27.9 Å². The predicted molar refractivity (Wildman–Crippen MR) is 92.8 cm³/mol. The van der Waals surface area contributed by atoms with Crippen LogP contribution >= 0.6 is 0 Å². The van der Waals surface area contributed by atoms with Crippen LogP contribution in [0.4, 0.5) is 5.69 Å². The van der Waals surface area contributed by atoms with E-state index < -0.39 is 0 Å². The maximum Gasteiger partial charge on any atom is 0.251 e. The van der Waals surface area contributed by atoms with Crippen LogP contribution in [0.15, 0.2) is 36.4 Å². The van der Waals surface area contributed by atoms with Gasteiger partial charge in [0.15, 0.2) is 0 Å². The van der Waals surface area contributed by atoms with E-state index in [2.05, 4.69) is 10.6 Å². The Hall–Kier alpha value is -2.62. The molecule has 4 nitrogen and oxygen atoms in total. The van der Waals surface area contributed by atoms with Crippen molar-refractivity contribution in [1.29, 1.82) is 0 Å². The largest absolute Gasteiger partial charge is 0.343 e. The molecule has 2 N–H and O–H groups in total. The van der Waals surface area contributed by atoms with Crippen LogP contribution in [0.5, 0.6) is 0 Å². The zero-order chi connectivity index (χ0) is 17.0. The Balaban J connectivity index is 1.93. The van der Waals surface area contributed by atoms with Gasteiger partial charge >= 0.3 is 0 Å². The molecule has 120 valence electrons. The second kappa shape index (κ2) is 7.09. The lowest BCUT2D eigenvalue weighted by Crippen LogP contribution is -2.32. The van der Waals surface area contributed by atoms with Crippen molar-refractivity contribution in [2.24, 2.45) is 0 Å². The molecule has 2 rings (SSSR count). The highest BCUT2D eigenvalue weighted by Gasteiger charge is 2.09. The van der Waals surface area contributed by atoms with E-state index in [-0.39, 0.29) is 18.4 Å². The van der Waals surface area contributed by atoms with Gasteiger partial charge in [-0.1, -0.05) is 12.1 Å². The fourth-order valence-corrected chi connectivity index (χ4v) is 2.40. The molecule has 2 aromatic rings. The Bertz CT molecular complexity index is 731. The summed E-state index contributed by atoms with van der Waals surface area (Å²) >= 11 is 0. The first-order chi connectivity index (χ1) is 10.8. The third-order valence-electron chi connectivity index (χ3n) is 3.68. The maximum atomic E-state index is 12.1. The number of carbonyl (C=O) groups excluding carboxylic acids is 2. The normalized spacial score (nSPS) is 10.3.